The van der Waals surface area contributed by atoms with Crippen LogP contribution in [0, 0.1) is 0 Å². The number of hydrogen-bond acceptors (Lipinski definition) is 5. The minimum atomic E-state index is 0.366. The minimum Gasteiger partial charge on any atom is -0.339 e. The van der Waals surface area contributed by atoms with Crippen LogP contribution in [0.4, 0.5) is 23.1 Å². The topological polar surface area (TPSA) is 62.7 Å². The molecule has 0 aliphatic rings. The first kappa shape index (κ1) is 17.5. The molecule has 0 saturated heterocycles. The van der Waals surface area contributed by atoms with E-state index in [-0.39, 0.29) is 0 Å². The third-order valence-corrected chi connectivity index (χ3v) is 4.32. The van der Waals surface area contributed by atoms with Crippen LogP contribution in [0.1, 0.15) is 25.3 Å². The average molecular weight is 374 g/mol. The van der Waals surface area contributed by atoms with E-state index < -0.39 is 0 Å². The molecule has 0 bridgehead atoms. The van der Waals surface area contributed by atoms with Crippen LogP contribution in [-0.4, -0.2) is 15.2 Å². The van der Waals surface area contributed by atoms with E-state index in [0.29, 0.717) is 27.7 Å². The van der Waals surface area contributed by atoms with Gasteiger partial charge in [0.2, 0.25) is 5.95 Å². The second-order valence-electron chi connectivity index (χ2n) is 5.79. The molecule has 3 rings (SSSR count). The van der Waals surface area contributed by atoms with E-state index in [1.54, 1.807) is 24.4 Å². The second-order valence-corrected chi connectivity index (χ2v) is 6.60. The number of nitrogens with one attached hydrogen (secondary N) is 2. The predicted octanol–water partition coefficient (Wildman–Crippen LogP) is 5.79. The van der Waals surface area contributed by atoms with Crippen molar-refractivity contribution in [1.29, 1.82) is 0 Å². The molecule has 0 aliphatic carbocycles. The highest BCUT2D eigenvalue weighted by molar-refractivity contribution is 6.42. The summed E-state index contributed by atoms with van der Waals surface area (Å²) in [4.78, 5) is 4.44. The van der Waals surface area contributed by atoms with E-state index in [1.165, 1.54) is 5.56 Å². The maximum Gasteiger partial charge on any atom is 0.249 e. The summed E-state index contributed by atoms with van der Waals surface area (Å²) >= 11 is 12.0. The van der Waals surface area contributed by atoms with Crippen LogP contribution in [0.15, 0.2) is 48.7 Å². The number of para-hydroxylation sites is 1. The third kappa shape index (κ3) is 4.38. The predicted molar refractivity (Wildman–Crippen MR) is 103 cm³/mol. The summed E-state index contributed by atoms with van der Waals surface area (Å²) in [6.45, 7) is 4.30. The first-order valence-corrected chi connectivity index (χ1v) is 8.56. The van der Waals surface area contributed by atoms with Gasteiger partial charge in [-0.2, -0.15) is 10.1 Å². The van der Waals surface area contributed by atoms with Crippen LogP contribution in [-0.2, 0) is 0 Å². The highest BCUT2D eigenvalue weighted by Gasteiger charge is 2.08. The maximum atomic E-state index is 6.02. The Labute approximate surface area is 156 Å². The Kier molecular flexibility index (Phi) is 5.36. The van der Waals surface area contributed by atoms with Gasteiger partial charge in [0, 0.05) is 11.4 Å². The number of aromatic nitrogens is 3. The molecule has 3 aromatic rings. The smallest absolute Gasteiger partial charge is 0.249 e. The van der Waals surface area contributed by atoms with Crippen molar-refractivity contribution < 1.29 is 0 Å². The van der Waals surface area contributed by atoms with Crippen molar-refractivity contribution in [2.45, 2.75) is 19.8 Å². The Balaban J connectivity index is 1.81. The number of halogens is 2. The van der Waals surface area contributed by atoms with E-state index in [4.69, 9.17) is 23.2 Å². The van der Waals surface area contributed by atoms with Gasteiger partial charge >= 0.3 is 0 Å². The fourth-order valence-electron chi connectivity index (χ4n) is 2.37. The van der Waals surface area contributed by atoms with Gasteiger partial charge in [-0.25, -0.2) is 0 Å². The summed E-state index contributed by atoms with van der Waals surface area (Å²) < 4.78 is 0. The fourth-order valence-corrected chi connectivity index (χ4v) is 2.67. The molecule has 128 valence electrons. The molecule has 0 aliphatic heterocycles. The summed E-state index contributed by atoms with van der Waals surface area (Å²) in [5.41, 5.74) is 2.94. The Morgan fingerprint density at radius 3 is 2.52 bits per heavy atom. The molecule has 0 atom stereocenters. The van der Waals surface area contributed by atoms with Crippen LogP contribution < -0.4 is 10.6 Å². The van der Waals surface area contributed by atoms with Crippen molar-refractivity contribution >= 4 is 46.3 Å². The standard InChI is InChI=1S/C18H17Cl2N5/c1-11(2)13-5-3-4-6-16(13)23-17-10-21-25-18(24-17)22-12-7-8-14(19)15(20)9-12/h3-11H,1-2H3,(H2,22,23,24,25). The zero-order valence-corrected chi connectivity index (χ0v) is 15.3. The molecule has 0 fully saturated rings. The van der Waals surface area contributed by atoms with Crippen molar-refractivity contribution in [2.75, 3.05) is 10.6 Å². The molecule has 0 spiro atoms. The molecular formula is C18H17Cl2N5. The van der Waals surface area contributed by atoms with Crippen LogP contribution in [0.2, 0.25) is 10.0 Å². The molecule has 5 nitrogen and oxygen atoms in total. The Morgan fingerprint density at radius 1 is 0.960 bits per heavy atom. The van der Waals surface area contributed by atoms with Crippen molar-refractivity contribution in [1.82, 2.24) is 15.2 Å². The first-order valence-electron chi connectivity index (χ1n) is 7.80. The molecule has 2 N–H and O–H groups in total. The lowest BCUT2D eigenvalue weighted by atomic mass is 10.0. The average Bonchev–Trinajstić information content (AvgIpc) is 2.59. The van der Waals surface area contributed by atoms with Gasteiger partial charge < -0.3 is 10.6 Å². The Morgan fingerprint density at radius 2 is 1.76 bits per heavy atom. The summed E-state index contributed by atoms with van der Waals surface area (Å²) in [6, 6.07) is 13.3. The molecule has 0 radical (unpaired) electrons. The number of rotatable bonds is 5. The van der Waals surface area contributed by atoms with Crippen LogP contribution in [0.25, 0.3) is 0 Å². The SMILES string of the molecule is CC(C)c1ccccc1Nc1cnnc(Nc2ccc(Cl)c(Cl)c2)n1. The molecule has 1 aromatic heterocycles. The van der Waals surface area contributed by atoms with Crippen molar-refractivity contribution in [3.8, 4) is 0 Å². The van der Waals surface area contributed by atoms with Crippen LogP contribution in [0.5, 0.6) is 0 Å². The lowest BCUT2D eigenvalue weighted by Crippen LogP contribution is -2.04. The van der Waals surface area contributed by atoms with Gasteiger partial charge in [0.15, 0.2) is 5.82 Å². The summed E-state index contributed by atoms with van der Waals surface area (Å²) in [5, 5.41) is 15.3. The van der Waals surface area contributed by atoms with Crippen molar-refractivity contribution in [2.24, 2.45) is 0 Å². The van der Waals surface area contributed by atoms with Crippen molar-refractivity contribution in [3.05, 3.63) is 64.3 Å². The summed E-state index contributed by atoms with van der Waals surface area (Å²) in [7, 11) is 0. The highest BCUT2D eigenvalue weighted by atomic mass is 35.5. The number of nitrogens with zero attached hydrogens (tertiary/aromatic N) is 3. The van der Waals surface area contributed by atoms with Crippen LogP contribution >= 0.6 is 23.2 Å². The van der Waals surface area contributed by atoms with E-state index >= 15 is 0 Å². The number of hydrogen-bond donors (Lipinski definition) is 2. The first-order chi connectivity index (χ1) is 12.0. The maximum absolute atomic E-state index is 6.02. The van der Waals surface area contributed by atoms with Gasteiger partial charge in [-0.3, -0.25) is 0 Å². The van der Waals surface area contributed by atoms with E-state index in [1.807, 2.05) is 18.2 Å². The lowest BCUT2D eigenvalue weighted by Gasteiger charge is -2.14. The van der Waals surface area contributed by atoms with Gasteiger partial charge in [0.1, 0.15) is 0 Å². The zero-order chi connectivity index (χ0) is 17.8. The fraction of sp³-hybridized carbons (Fsp3) is 0.167. The van der Waals surface area contributed by atoms with Gasteiger partial charge in [-0.15, -0.1) is 5.10 Å². The largest absolute Gasteiger partial charge is 0.339 e. The molecule has 0 unspecified atom stereocenters. The molecule has 25 heavy (non-hydrogen) atoms. The Bertz CT molecular complexity index is 883. The van der Waals surface area contributed by atoms with Gasteiger partial charge in [-0.05, 0) is 35.7 Å². The van der Waals surface area contributed by atoms with Crippen molar-refractivity contribution in [3.63, 3.8) is 0 Å². The number of anilines is 4. The monoisotopic (exact) mass is 373 g/mol. The molecule has 0 saturated carbocycles. The zero-order valence-electron chi connectivity index (χ0n) is 13.8. The molecule has 1 heterocycles. The van der Waals surface area contributed by atoms with E-state index in [0.717, 1.165) is 11.4 Å². The second kappa shape index (κ2) is 7.68. The van der Waals surface area contributed by atoms with E-state index in [9.17, 15) is 0 Å². The molecule has 0 amide bonds. The van der Waals surface area contributed by atoms with Gasteiger partial charge in [0.05, 0.1) is 16.2 Å². The number of benzene rings is 2. The summed E-state index contributed by atoms with van der Waals surface area (Å²) in [6.07, 6.45) is 1.58. The highest BCUT2D eigenvalue weighted by Crippen LogP contribution is 2.28. The third-order valence-electron chi connectivity index (χ3n) is 3.58. The molecule has 7 heteroatoms. The summed E-state index contributed by atoms with van der Waals surface area (Å²) in [5.74, 6) is 1.36. The van der Waals surface area contributed by atoms with Crippen LogP contribution in [0.3, 0.4) is 0 Å². The van der Waals surface area contributed by atoms with Gasteiger partial charge in [0.25, 0.3) is 0 Å². The Hall–Kier alpha value is -2.37. The normalized spacial score (nSPS) is 10.8. The minimum absolute atomic E-state index is 0.366. The molecule has 2 aromatic carbocycles. The van der Waals surface area contributed by atoms with Gasteiger partial charge in [-0.1, -0.05) is 55.2 Å². The molecular weight excluding hydrogens is 357 g/mol. The quantitative estimate of drug-likeness (QED) is 0.592. The lowest BCUT2D eigenvalue weighted by molar-refractivity contribution is 0.868. The van der Waals surface area contributed by atoms with E-state index in [2.05, 4.69) is 45.7 Å².